The molecular formula is C11H12F2N2O4S. The fourth-order valence-electron chi connectivity index (χ4n) is 1.83. The highest BCUT2D eigenvalue weighted by Crippen LogP contribution is 2.19. The Hall–Kier alpha value is -1.58. The van der Waals surface area contributed by atoms with Crippen molar-refractivity contribution in [2.45, 2.75) is 17.4 Å². The second kappa shape index (κ2) is 5.43. The number of ether oxygens (including phenoxy) is 1. The van der Waals surface area contributed by atoms with Gasteiger partial charge >= 0.3 is 0 Å². The number of benzene rings is 1. The van der Waals surface area contributed by atoms with Gasteiger partial charge in [0.1, 0.15) is 16.5 Å². The Bertz CT molecular complexity index is 642. The molecule has 20 heavy (non-hydrogen) atoms. The molecule has 1 aliphatic rings. The van der Waals surface area contributed by atoms with Crippen LogP contribution in [-0.4, -0.2) is 33.6 Å². The van der Waals surface area contributed by atoms with Crippen molar-refractivity contribution in [2.24, 2.45) is 5.14 Å². The molecule has 6 nitrogen and oxygen atoms in total. The van der Waals surface area contributed by atoms with Gasteiger partial charge in [-0.15, -0.1) is 0 Å². The Kier molecular flexibility index (Phi) is 4.02. The highest BCUT2D eigenvalue weighted by Gasteiger charge is 2.24. The van der Waals surface area contributed by atoms with Gasteiger partial charge in [-0.2, -0.15) is 0 Å². The van der Waals surface area contributed by atoms with Gasteiger partial charge in [0.2, 0.25) is 10.0 Å². The third kappa shape index (κ3) is 3.11. The molecule has 0 bridgehead atoms. The van der Waals surface area contributed by atoms with Gasteiger partial charge in [0, 0.05) is 12.7 Å². The van der Waals surface area contributed by atoms with E-state index in [1.165, 1.54) is 0 Å². The summed E-state index contributed by atoms with van der Waals surface area (Å²) in [7, 11) is -4.38. The normalized spacial score (nSPS) is 19.1. The number of carbonyl (C=O) groups excluding carboxylic acids is 1. The zero-order valence-electron chi connectivity index (χ0n) is 10.2. The molecule has 1 aromatic carbocycles. The molecule has 0 radical (unpaired) electrons. The van der Waals surface area contributed by atoms with Crippen LogP contribution in [-0.2, 0) is 14.8 Å². The first-order chi connectivity index (χ1) is 9.29. The number of sulfonamides is 1. The zero-order valence-corrected chi connectivity index (χ0v) is 11.0. The number of hydrogen-bond acceptors (Lipinski definition) is 4. The van der Waals surface area contributed by atoms with Crippen LogP contribution in [0.15, 0.2) is 17.0 Å². The lowest BCUT2D eigenvalue weighted by Crippen LogP contribution is -2.35. The first-order valence-electron chi connectivity index (χ1n) is 5.69. The summed E-state index contributed by atoms with van der Waals surface area (Å²) in [6, 6.07) is 0.621. The van der Waals surface area contributed by atoms with Gasteiger partial charge in [0.15, 0.2) is 0 Å². The van der Waals surface area contributed by atoms with Crippen molar-refractivity contribution in [3.63, 3.8) is 0 Å². The first kappa shape index (κ1) is 14.8. The maximum absolute atomic E-state index is 13.6. The maximum Gasteiger partial charge on any atom is 0.254 e. The van der Waals surface area contributed by atoms with Crippen LogP contribution in [0.1, 0.15) is 16.8 Å². The summed E-state index contributed by atoms with van der Waals surface area (Å²) in [6.07, 6.45) is 0.566. The van der Waals surface area contributed by atoms with Gasteiger partial charge in [0.05, 0.1) is 18.2 Å². The second-order valence-corrected chi connectivity index (χ2v) is 5.87. The Morgan fingerprint density at radius 1 is 1.35 bits per heavy atom. The summed E-state index contributed by atoms with van der Waals surface area (Å²) < 4.78 is 54.3. The van der Waals surface area contributed by atoms with Gasteiger partial charge in [-0.25, -0.2) is 22.3 Å². The molecule has 3 N–H and O–H groups in total. The molecule has 0 aliphatic carbocycles. The Labute approximate surface area is 114 Å². The minimum absolute atomic E-state index is 0.287. The summed E-state index contributed by atoms with van der Waals surface area (Å²) in [4.78, 5) is 10.9. The van der Waals surface area contributed by atoms with Crippen LogP contribution in [0.4, 0.5) is 8.78 Å². The molecule has 2 rings (SSSR count). The van der Waals surface area contributed by atoms with Gasteiger partial charge in [-0.05, 0) is 12.5 Å². The Morgan fingerprint density at radius 3 is 2.60 bits per heavy atom. The Morgan fingerprint density at radius 2 is 2.05 bits per heavy atom. The lowest BCUT2D eigenvalue weighted by Gasteiger charge is -2.12. The zero-order chi connectivity index (χ0) is 14.9. The van der Waals surface area contributed by atoms with E-state index in [0.29, 0.717) is 25.2 Å². The molecule has 0 aromatic heterocycles. The Balaban J connectivity index is 2.33. The van der Waals surface area contributed by atoms with E-state index >= 15 is 0 Å². The molecule has 1 atom stereocenters. The van der Waals surface area contributed by atoms with Crippen molar-refractivity contribution >= 4 is 15.9 Å². The van der Waals surface area contributed by atoms with E-state index in [1.54, 1.807) is 0 Å². The van der Waals surface area contributed by atoms with E-state index in [1.807, 2.05) is 0 Å². The van der Waals surface area contributed by atoms with Crippen LogP contribution in [0, 0.1) is 11.6 Å². The van der Waals surface area contributed by atoms with Crippen LogP contribution in [0.25, 0.3) is 0 Å². The molecule has 1 amide bonds. The van der Waals surface area contributed by atoms with E-state index in [9.17, 15) is 22.0 Å². The van der Waals surface area contributed by atoms with Crippen molar-refractivity contribution in [2.75, 3.05) is 13.2 Å². The molecule has 1 aromatic rings. The summed E-state index contributed by atoms with van der Waals surface area (Å²) in [6.45, 7) is 0.760. The lowest BCUT2D eigenvalue weighted by atomic mass is 10.1. The minimum atomic E-state index is -4.38. The molecule has 1 saturated heterocycles. The summed E-state index contributed by atoms with van der Waals surface area (Å²) >= 11 is 0. The van der Waals surface area contributed by atoms with E-state index in [2.05, 4.69) is 5.32 Å². The topological polar surface area (TPSA) is 98.5 Å². The third-order valence-electron chi connectivity index (χ3n) is 2.84. The van der Waals surface area contributed by atoms with Gasteiger partial charge in [0.25, 0.3) is 5.91 Å². The summed E-state index contributed by atoms with van der Waals surface area (Å²) in [5.41, 5.74) is -0.581. The highest BCUT2D eigenvalue weighted by atomic mass is 32.2. The molecule has 0 saturated carbocycles. The SMILES string of the molecule is NS(=O)(=O)c1cc(C(=O)NC2CCOC2)c(F)cc1F. The van der Waals surface area contributed by atoms with E-state index in [-0.39, 0.29) is 12.6 Å². The molecule has 1 heterocycles. The lowest BCUT2D eigenvalue weighted by molar-refractivity contribution is 0.0925. The number of carbonyl (C=O) groups is 1. The van der Waals surface area contributed by atoms with Gasteiger partial charge < -0.3 is 10.1 Å². The molecule has 1 fully saturated rings. The third-order valence-corrected chi connectivity index (χ3v) is 3.76. The predicted octanol–water partition coefficient (Wildman–Crippen LogP) is 0.131. The van der Waals surface area contributed by atoms with Crippen LogP contribution >= 0.6 is 0 Å². The van der Waals surface area contributed by atoms with E-state index in [0.717, 1.165) is 0 Å². The number of amides is 1. The van der Waals surface area contributed by atoms with Crippen molar-refractivity contribution in [1.29, 1.82) is 0 Å². The van der Waals surface area contributed by atoms with Crippen molar-refractivity contribution in [1.82, 2.24) is 5.32 Å². The average Bonchev–Trinajstić information content (AvgIpc) is 2.79. The van der Waals surface area contributed by atoms with Crippen LogP contribution < -0.4 is 10.5 Å². The number of rotatable bonds is 3. The van der Waals surface area contributed by atoms with Gasteiger partial charge in [-0.3, -0.25) is 4.79 Å². The fourth-order valence-corrected chi connectivity index (χ4v) is 2.45. The highest BCUT2D eigenvalue weighted by molar-refractivity contribution is 7.89. The molecule has 9 heteroatoms. The van der Waals surface area contributed by atoms with Crippen LogP contribution in [0.2, 0.25) is 0 Å². The molecule has 110 valence electrons. The van der Waals surface area contributed by atoms with Crippen molar-refractivity contribution in [3.05, 3.63) is 29.3 Å². The van der Waals surface area contributed by atoms with E-state index in [4.69, 9.17) is 9.88 Å². The first-order valence-corrected chi connectivity index (χ1v) is 7.24. The second-order valence-electron chi connectivity index (χ2n) is 4.34. The molecular weight excluding hydrogens is 294 g/mol. The molecule has 1 aliphatic heterocycles. The van der Waals surface area contributed by atoms with Crippen molar-refractivity contribution < 1.29 is 26.7 Å². The number of nitrogens with one attached hydrogen (secondary N) is 1. The standard InChI is InChI=1S/C11H12F2N2O4S/c12-8-4-9(13)10(20(14,17)18)3-7(8)11(16)15-6-1-2-19-5-6/h3-4,6H,1-2,5H2,(H,15,16)(H2,14,17,18). The van der Waals surface area contributed by atoms with Crippen molar-refractivity contribution in [3.8, 4) is 0 Å². The van der Waals surface area contributed by atoms with E-state index < -0.39 is 38.0 Å². The maximum atomic E-state index is 13.6. The number of hydrogen-bond donors (Lipinski definition) is 2. The molecule has 0 spiro atoms. The summed E-state index contributed by atoms with van der Waals surface area (Å²) in [5, 5.41) is 7.27. The number of halogens is 2. The van der Waals surface area contributed by atoms with Gasteiger partial charge in [-0.1, -0.05) is 0 Å². The smallest absolute Gasteiger partial charge is 0.254 e. The molecule has 1 unspecified atom stereocenters. The monoisotopic (exact) mass is 306 g/mol. The van der Waals surface area contributed by atoms with Crippen LogP contribution in [0.3, 0.4) is 0 Å². The fraction of sp³-hybridized carbons (Fsp3) is 0.364. The minimum Gasteiger partial charge on any atom is -0.379 e. The number of nitrogens with two attached hydrogens (primary N) is 1. The summed E-state index contributed by atoms with van der Waals surface area (Å²) in [5.74, 6) is -3.35. The predicted molar refractivity (Wildman–Crippen MR) is 64.4 cm³/mol. The quantitative estimate of drug-likeness (QED) is 0.829. The van der Waals surface area contributed by atoms with Crippen LogP contribution in [0.5, 0.6) is 0 Å². The largest absolute Gasteiger partial charge is 0.379 e. The average molecular weight is 306 g/mol. The number of primary sulfonamides is 1.